The second-order valence-corrected chi connectivity index (χ2v) is 5.23. The molecular weight excluding hydrogens is 256 g/mol. The average Bonchev–Trinajstić information content (AvgIpc) is 2.41. The van der Waals surface area contributed by atoms with Crippen LogP contribution in [0.1, 0.15) is 32.3 Å². The third-order valence-electron chi connectivity index (χ3n) is 3.26. The van der Waals surface area contributed by atoms with E-state index in [1.165, 1.54) is 18.4 Å². The molecule has 108 valence electrons. The van der Waals surface area contributed by atoms with Gasteiger partial charge in [0, 0.05) is 11.4 Å². The van der Waals surface area contributed by atoms with E-state index in [0.717, 1.165) is 31.0 Å². The summed E-state index contributed by atoms with van der Waals surface area (Å²) in [6.45, 7) is 7.81. The van der Waals surface area contributed by atoms with E-state index in [0.29, 0.717) is 11.4 Å². The van der Waals surface area contributed by atoms with E-state index in [-0.39, 0.29) is 0 Å². The van der Waals surface area contributed by atoms with Gasteiger partial charge in [0.05, 0.1) is 12.8 Å². The Morgan fingerprint density at radius 3 is 2.32 bits per heavy atom. The van der Waals surface area contributed by atoms with Crippen molar-refractivity contribution >= 4 is 18.3 Å². The monoisotopic (exact) mass is 282 g/mol. The number of thiol groups is 1. The van der Waals surface area contributed by atoms with Crippen molar-refractivity contribution in [1.29, 1.82) is 0 Å². The molecule has 0 radical (unpaired) electrons. The van der Waals surface area contributed by atoms with Crippen molar-refractivity contribution in [3.8, 4) is 5.75 Å². The highest BCUT2D eigenvalue weighted by Crippen LogP contribution is 2.31. The fourth-order valence-electron chi connectivity index (χ4n) is 2.26. The fraction of sp³-hybridized carbons (Fsp3) is 0.600. The largest absolute Gasteiger partial charge is 0.495 e. The third-order valence-corrected chi connectivity index (χ3v) is 3.79. The molecule has 0 aliphatic rings. The van der Waals surface area contributed by atoms with E-state index in [4.69, 9.17) is 10.5 Å². The Morgan fingerprint density at radius 2 is 1.79 bits per heavy atom. The number of nitrogen functional groups attached to an aromatic ring is 1. The Bertz CT molecular complexity index is 390. The first-order valence-electron chi connectivity index (χ1n) is 7.00. The van der Waals surface area contributed by atoms with E-state index < -0.39 is 0 Å². The summed E-state index contributed by atoms with van der Waals surface area (Å²) in [7, 11) is 1.63. The van der Waals surface area contributed by atoms with Crippen LogP contribution < -0.4 is 10.5 Å². The lowest BCUT2D eigenvalue weighted by molar-refractivity contribution is 0.277. The van der Waals surface area contributed by atoms with E-state index in [2.05, 4.69) is 37.4 Å². The molecule has 0 saturated carbocycles. The number of hydrogen-bond acceptors (Lipinski definition) is 4. The zero-order valence-corrected chi connectivity index (χ0v) is 13.2. The van der Waals surface area contributed by atoms with E-state index in [9.17, 15) is 0 Å². The molecule has 0 fully saturated rings. The first-order chi connectivity index (χ1) is 9.13. The Balaban J connectivity index is 2.69. The molecule has 0 aliphatic heterocycles. The van der Waals surface area contributed by atoms with Crippen molar-refractivity contribution in [2.24, 2.45) is 0 Å². The molecule has 0 aliphatic carbocycles. The average molecular weight is 282 g/mol. The van der Waals surface area contributed by atoms with Crippen molar-refractivity contribution in [1.82, 2.24) is 4.90 Å². The van der Waals surface area contributed by atoms with Gasteiger partial charge in [0.2, 0.25) is 0 Å². The SMILES string of the molecule is CCCN(CCC)CCc1ccc(OC)c(N)c1S. The van der Waals surface area contributed by atoms with E-state index in [1.807, 2.05) is 6.07 Å². The Morgan fingerprint density at radius 1 is 1.16 bits per heavy atom. The summed E-state index contributed by atoms with van der Waals surface area (Å²) in [5.74, 6) is 0.702. The minimum Gasteiger partial charge on any atom is -0.495 e. The van der Waals surface area contributed by atoms with Gasteiger partial charge >= 0.3 is 0 Å². The Kier molecular flexibility index (Phi) is 7.10. The molecule has 1 rings (SSSR count). The maximum atomic E-state index is 6.00. The summed E-state index contributed by atoms with van der Waals surface area (Å²) >= 11 is 4.52. The van der Waals surface area contributed by atoms with Gasteiger partial charge in [0.25, 0.3) is 0 Å². The molecule has 1 aromatic rings. The molecule has 0 amide bonds. The van der Waals surface area contributed by atoms with Gasteiger partial charge in [-0.25, -0.2) is 0 Å². The van der Waals surface area contributed by atoms with Crippen LogP contribution in [0.2, 0.25) is 0 Å². The molecule has 0 saturated heterocycles. The number of nitrogens with two attached hydrogens (primary N) is 1. The summed E-state index contributed by atoms with van der Waals surface area (Å²) in [5, 5.41) is 0. The van der Waals surface area contributed by atoms with Gasteiger partial charge in [0.1, 0.15) is 5.75 Å². The molecule has 0 unspecified atom stereocenters. The quantitative estimate of drug-likeness (QED) is 0.568. The first kappa shape index (κ1) is 16.2. The smallest absolute Gasteiger partial charge is 0.142 e. The number of hydrogen-bond donors (Lipinski definition) is 2. The van der Waals surface area contributed by atoms with Gasteiger partial charge in [-0.1, -0.05) is 19.9 Å². The second kappa shape index (κ2) is 8.33. The van der Waals surface area contributed by atoms with E-state index in [1.54, 1.807) is 7.11 Å². The van der Waals surface area contributed by atoms with Crippen molar-refractivity contribution < 1.29 is 4.74 Å². The first-order valence-corrected chi connectivity index (χ1v) is 7.45. The highest BCUT2D eigenvalue weighted by atomic mass is 32.1. The molecule has 19 heavy (non-hydrogen) atoms. The molecule has 0 aromatic heterocycles. The van der Waals surface area contributed by atoms with Crippen LogP contribution >= 0.6 is 12.6 Å². The summed E-state index contributed by atoms with van der Waals surface area (Å²) in [5.41, 5.74) is 7.84. The molecular formula is C15H26N2OS. The van der Waals surface area contributed by atoms with Gasteiger partial charge < -0.3 is 15.4 Å². The summed E-state index contributed by atoms with van der Waals surface area (Å²) in [6.07, 6.45) is 3.37. The van der Waals surface area contributed by atoms with Gasteiger partial charge in [-0.2, -0.15) is 0 Å². The summed E-state index contributed by atoms with van der Waals surface area (Å²) < 4.78 is 5.20. The van der Waals surface area contributed by atoms with Crippen LogP contribution in [0.4, 0.5) is 5.69 Å². The van der Waals surface area contributed by atoms with Crippen LogP contribution in [0.3, 0.4) is 0 Å². The predicted molar refractivity (Wildman–Crippen MR) is 85.4 cm³/mol. The molecule has 1 aromatic carbocycles. The van der Waals surface area contributed by atoms with Crippen molar-refractivity contribution in [2.45, 2.75) is 38.0 Å². The van der Waals surface area contributed by atoms with E-state index >= 15 is 0 Å². The van der Waals surface area contributed by atoms with Crippen LogP contribution in [0.15, 0.2) is 17.0 Å². The second-order valence-electron chi connectivity index (χ2n) is 4.78. The zero-order chi connectivity index (χ0) is 14.3. The highest BCUT2D eigenvalue weighted by Gasteiger charge is 2.10. The number of methoxy groups -OCH3 is 1. The lowest BCUT2D eigenvalue weighted by Gasteiger charge is -2.21. The van der Waals surface area contributed by atoms with Crippen LogP contribution in [-0.2, 0) is 6.42 Å². The molecule has 0 bridgehead atoms. The lowest BCUT2D eigenvalue weighted by Crippen LogP contribution is -2.27. The summed E-state index contributed by atoms with van der Waals surface area (Å²) in [6, 6.07) is 3.99. The van der Waals surface area contributed by atoms with Crippen LogP contribution in [-0.4, -0.2) is 31.6 Å². The zero-order valence-electron chi connectivity index (χ0n) is 12.3. The Hall–Kier alpha value is -0.870. The molecule has 0 atom stereocenters. The molecule has 4 heteroatoms. The van der Waals surface area contributed by atoms with Crippen molar-refractivity contribution in [2.75, 3.05) is 32.5 Å². The number of rotatable bonds is 8. The molecule has 0 heterocycles. The number of benzene rings is 1. The van der Waals surface area contributed by atoms with Crippen molar-refractivity contribution in [3.05, 3.63) is 17.7 Å². The molecule has 0 spiro atoms. The van der Waals surface area contributed by atoms with Crippen LogP contribution in [0.5, 0.6) is 5.75 Å². The maximum Gasteiger partial charge on any atom is 0.142 e. The van der Waals surface area contributed by atoms with Crippen LogP contribution in [0.25, 0.3) is 0 Å². The van der Waals surface area contributed by atoms with Gasteiger partial charge in [-0.15, -0.1) is 12.6 Å². The third kappa shape index (κ3) is 4.62. The van der Waals surface area contributed by atoms with Gasteiger partial charge in [-0.3, -0.25) is 0 Å². The fourth-order valence-corrected chi connectivity index (χ4v) is 2.56. The standard InChI is InChI=1S/C15H26N2OS/c1-4-9-17(10-5-2)11-8-12-6-7-13(18-3)14(16)15(12)19/h6-7,19H,4-5,8-11,16H2,1-3H3. The van der Waals surface area contributed by atoms with Crippen LogP contribution in [0, 0.1) is 0 Å². The topological polar surface area (TPSA) is 38.5 Å². The van der Waals surface area contributed by atoms with Crippen molar-refractivity contribution in [3.63, 3.8) is 0 Å². The number of nitrogens with zero attached hydrogens (tertiary/aromatic N) is 1. The van der Waals surface area contributed by atoms with Gasteiger partial charge in [0.15, 0.2) is 0 Å². The summed E-state index contributed by atoms with van der Waals surface area (Å²) in [4.78, 5) is 3.35. The molecule has 3 nitrogen and oxygen atoms in total. The number of anilines is 1. The predicted octanol–water partition coefficient (Wildman–Crippen LogP) is 3.23. The normalized spacial score (nSPS) is 11.0. The maximum absolute atomic E-state index is 6.00. The Labute approximate surface area is 122 Å². The molecule has 2 N–H and O–H groups in total. The van der Waals surface area contributed by atoms with Gasteiger partial charge in [-0.05, 0) is 44.0 Å². The number of ether oxygens (including phenoxy) is 1. The lowest BCUT2D eigenvalue weighted by atomic mass is 10.1. The minimum atomic E-state index is 0.640. The minimum absolute atomic E-state index is 0.640. The highest BCUT2D eigenvalue weighted by molar-refractivity contribution is 7.80.